The number of benzene rings is 1. The molecule has 0 radical (unpaired) electrons. The Bertz CT molecular complexity index is 474. The highest BCUT2D eigenvalue weighted by molar-refractivity contribution is 5.47. The van der Waals surface area contributed by atoms with Crippen molar-refractivity contribution in [1.82, 2.24) is 4.90 Å². The molecule has 3 aliphatic heterocycles. The average Bonchev–Trinajstić information content (AvgIpc) is 3.06. The number of ether oxygens (including phenoxy) is 1. The second-order valence-corrected chi connectivity index (χ2v) is 5.82. The molecule has 2 fully saturated rings. The first-order chi connectivity index (χ1) is 8.81. The third-order valence-electron chi connectivity index (χ3n) is 4.72. The van der Waals surface area contributed by atoms with Gasteiger partial charge in [-0.3, -0.25) is 4.90 Å². The molecule has 1 N–H and O–H groups in total. The lowest BCUT2D eigenvalue weighted by atomic mass is 10.0. The van der Waals surface area contributed by atoms with Crippen LogP contribution in [-0.4, -0.2) is 36.7 Å². The van der Waals surface area contributed by atoms with Crippen molar-refractivity contribution in [2.45, 2.75) is 31.5 Å². The van der Waals surface area contributed by atoms with Gasteiger partial charge in [0.25, 0.3) is 0 Å². The summed E-state index contributed by atoms with van der Waals surface area (Å²) >= 11 is 0. The Labute approximate surface area is 108 Å². The number of fused-ring (bicyclic) bond motifs is 3. The highest BCUT2D eigenvalue weighted by Crippen LogP contribution is 2.31. The highest BCUT2D eigenvalue weighted by Gasteiger charge is 2.39. The van der Waals surface area contributed by atoms with Crippen LogP contribution >= 0.6 is 0 Å². The van der Waals surface area contributed by atoms with Gasteiger partial charge in [0.2, 0.25) is 0 Å². The van der Waals surface area contributed by atoms with Gasteiger partial charge in [-0.25, -0.2) is 0 Å². The van der Waals surface area contributed by atoms with Gasteiger partial charge in [-0.05, 0) is 18.1 Å². The smallest absolute Gasteiger partial charge is 0.108 e. The monoisotopic (exact) mass is 244 g/mol. The molecule has 18 heavy (non-hydrogen) atoms. The molecule has 0 aliphatic carbocycles. The third-order valence-corrected chi connectivity index (χ3v) is 4.72. The maximum atomic E-state index is 5.67. The molecule has 1 aromatic carbocycles. The summed E-state index contributed by atoms with van der Waals surface area (Å²) in [6.07, 6.45) is 2.92. The summed E-state index contributed by atoms with van der Waals surface area (Å²) in [6, 6.07) is 7.38. The minimum atomic E-state index is 0.502. The normalized spacial score (nSPS) is 34.2. The van der Waals surface area contributed by atoms with Gasteiger partial charge < -0.3 is 9.64 Å². The zero-order valence-corrected chi connectivity index (χ0v) is 10.7. The summed E-state index contributed by atoms with van der Waals surface area (Å²) < 4.78 is 5.67. The van der Waals surface area contributed by atoms with Gasteiger partial charge in [-0.2, -0.15) is 0 Å². The first kappa shape index (κ1) is 11.0. The van der Waals surface area contributed by atoms with Crippen LogP contribution in [0.2, 0.25) is 0 Å². The van der Waals surface area contributed by atoms with E-state index in [-0.39, 0.29) is 0 Å². The van der Waals surface area contributed by atoms with Crippen molar-refractivity contribution in [1.29, 1.82) is 0 Å². The molecular formula is C15H20N2O. The van der Waals surface area contributed by atoms with Crippen LogP contribution in [0.3, 0.4) is 0 Å². The lowest BCUT2D eigenvalue weighted by Gasteiger charge is -2.27. The van der Waals surface area contributed by atoms with Gasteiger partial charge >= 0.3 is 0 Å². The Balaban J connectivity index is 1.59. The molecule has 0 saturated carbocycles. The molecule has 0 spiro atoms. The average molecular weight is 244 g/mol. The predicted molar refractivity (Wildman–Crippen MR) is 69.5 cm³/mol. The Morgan fingerprint density at radius 3 is 3.17 bits per heavy atom. The molecule has 0 amide bonds. The molecule has 3 nitrogen and oxygen atoms in total. The molecule has 0 aromatic heterocycles. The fourth-order valence-corrected chi connectivity index (χ4v) is 3.71. The molecule has 3 heterocycles. The summed E-state index contributed by atoms with van der Waals surface area (Å²) in [5.41, 5.74) is 4.47. The third kappa shape index (κ3) is 1.62. The van der Waals surface area contributed by atoms with E-state index in [1.165, 1.54) is 29.0 Å². The van der Waals surface area contributed by atoms with E-state index in [0.29, 0.717) is 12.1 Å². The van der Waals surface area contributed by atoms with E-state index in [1.54, 1.807) is 5.56 Å². The Kier molecular flexibility index (Phi) is 2.47. The number of hydrogen-bond donors (Lipinski definition) is 1. The number of likely N-dealkylation sites (tertiary alicyclic amines) is 1. The molecule has 96 valence electrons. The number of nitrogens with zero attached hydrogens (tertiary/aromatic N) is 1. The number of morpholine rings is 1. The van der Waals surface area contributed by atoms with Gasteiger partial charge in [-0.1, -0.05) is 12.1 Å². The lowest BCUT2D eigenvalue weighted by Crippen LogP contribution is -3.00. The fraction of sp³-hybridized carbons (Fsp3) is 0.533. The molecule has 1 aromatic rings. The molecule has 3 heteroatoms. The summed E-state index contributed by atoms with van der Waals surface area (Å²) in [5.74, 6) is 0. The number of hydrogen-bond acceptors (Lipinski definition) is 2. The summed E-state index contributed by atoms with van der Waals surface area (Å²) in [6.45, 7) is 4.30. The van der Waals surface area contributed by atoms with Crippen LogP contribution in [0.5, 0.6) is 0 Å². The van der Waals surface area contributed by atoms with Crippen LogP contribution in [-0.2, 0) is 17.7 Å². The van der Waals surface area contributed by atoms with Gasteiger partial charge in [0.05, 0.1) is 19.3 Å². The topological polar surface area (TPSA) is 16.9 Å². The van der Waals surface area contributed by atoms with Crippen LogP contribution in [0, 0.1) is 7.05 Å². The predicted octanol–water partition coefficient (Wildman–Crippen LogP) is 0.524. The molecule has 1 unspecified atom stereocenters. The van der Waals surface area contributed by atoms with Crippen LogP contribution in [0.15, 0.2) is 18.2 Å². The zero-order valence-electron chi connectivity index (χ0n) is 10.7. The molecule has 4 rings (SSSR count). The van der Waals surface area contributed by atoms with Crippen LogP contribution in [0.25, 0.3) is 0 Å². The van der Waals surface area contributed by atoms with Crippen molar-refractivity contribution in [3.8, 4) is 0 Å². The maximum Gasteiger partial charge on any atom is 0.108 e. The van der Waals surface area contributed by atoms with Crippen molar-refractivity contribution in [3.63, 3.8) is 0 Å². The van der Waals surface area contributed by atoms with E-state index < -0.39 is 0 Å². The first-order valence-electron chi connectivity index (χ1n) is 6.96. The minimum absolute atomic E-state index is 0.502. The van der Waals surface area contributed by atoms with E-state index >= 15 is 0 Å². The Hall–Kier alpha value is -0.900. The number of rotatable bonds is 2. The van der Waals surface area contributed by atoms with Crippen molar-refractivity contribution >= 4 is 5.69 Å². The van der Waals surface area contributed by atoms with E-state index in [9.17, 15) is 0 Å². The van der Waals surface area contributed by atoms with Crippen molar-refractivity contribution in [3.05, 3.63) is 36.4 Å². The Morgan fingerprint density at radius 1 is 1.44 bits per heavy atom. The van der Waals surface area contributed by atoms with Gasteiger partial charge in [0.1, 0.15) is 5.69 Å². The fourth-order valence-electron chi connectivity index (χ4n) is 3.71. The second-order valence-electron chi connectivity index (χ2n) is 5.82. The van der Waals surface area contributed by atoms with Crippen LogP contribution < -0.4 is 4.90 Å². The van der Waals surface area contributed by atoms with E-state index in [2.05, 4.69) is 30.1 Å². The maximum absolute atomic E-state index is 5.67. The van der Waals surface area contributed by atoms with E-state index in [0.717, 1.165) is 26.2 Å². The summed E-state index contributed by atoms with van der Waals surface area (Å²) in [4.78, 5) is 3.92. The number of quaternary nitrogens is 1. The van der Waals surface area contributed by atoms with E-state index in [4.69, 9.17) is 4.74 Å². The van der Waals surface area contributed by atoms with Crippen molar-refractivity contribution < 1.29 is 9.64 Å². The highest BCUT2D eigenvalue weighted by atomic mass is 16.5. The van der Waals surface area contributed by atoms with Crippen LogP contribution in [0.1, 0.15) is 17.5 Å². The lowest BCUT2D eigenvalue weighted by molar-refractivity contribution is -0.775. The van der Waals surface area contributed by atoms with Gasteiger partial charge in [-0.15, -0.1) is 7.05 Å². The molecular weight excluding hydrogens is 224 g/mol. The molecule has 3 atom stereocenters. The number of nitrogens with one attached hydrogen (secondary N) is 1. The van der Waals surface area contributed by atoms with Gasteiger partial charge in [0.15, 0.2) is 0 Å². The largest absolute Gasteiger partial charge is 0.434 e. The second kappa shape index (κ2) is 4.05. The molecule has 2 bridgehead atoms. The summed E-state index contributed by atoms with van der Waals surface area (Å²) in [5, 5.41) is 0. The van der Waals surface area contributed by atoms with Gasteiger partial charge in [0, 0.05) is 31.1 Å². The van der Waals surface area contributed by atoms with Crippen molar-refractivity contribution in [2.75, 3.05) is 19.7 Å². The Morgan fingerprint density at radius 2 is 2.39 bits per heavy atom. The molecule has 3 aliphatic rings. The van der Waals surface area contributed by atoms with Crippen LogP contribution in [0.4, 0.5) is 5.69 Å². The molecule has 2 saturated heterocycles. The summed E-state index contributed by atoms with van der Waals surface area (Å²) in [7, 11) is 4.17. The quantitative estimate of drug-likeness (QED) is 0.764. The SMILES string of the molecule is [CH2-][NH+]1CCc2c(CN3C[C@@H]4C[C@H]3CO4)cccc21. The zero-order chi connectivity index (χ0) is 12.1. The minimum Gasteiger partial charge on any atom is -0.434 e. The standard InChI is InChI=1S/C15H20N2O/c1-16-6-5-14-11(3-2-4-15(14)16)8-17-9-13-7-12(17)10-18-13/h2-4,12-13,16H,1,5-10H2/t12-,13-/m0/s1. The first-order valence-corrected chi connectivity index (χ1v) is 6.96. The van der Waals surface area contributed by atoms with Crippen molar-refractivity contribution in [2.24, 2.45) is 0 Å². The van der Waals surface area contributed by atoms with E-state index in [1.807, 2.05) is 0 Å².